The van der Waals surface area contributed by atoms with Gasteiger partial charge in [0.2, 0.25) is 0 Å². The van der Waals surface area contributed by atoms with Crippen molar-refractivity contribution >= 4 is 0 Å². The molecule has 0 aliphatic carbocycles. The van der Waals surface area contributed by atoms with E-state index in [-0.39, 0.29) is 12.6 Å². The van der Waals surface area contributed by atoms with E-state index in [1.807, 2.05) is 0 Å². The molecule has 0 amide bonds. The Balaban J connectivity index is 3.98. The minimum absolute atomic E-state index is 0.0385. The Morgan fingerprint density at radius 3 is 2.44 bits per heavy atom. The number of rotatable bonds is 10. The van der Waals surface area contributed by atoms with Crippen LogP contribution in [0.5, 0.6) is 0 Å². The van der Waals surface area contributed by atoms with Crippen LogP contribution in [0.1, 0.15) is 13.3 Å². The minimum atomic E-state index is -0.139. The lowest BCUT2D eigenvalue weighted by atomic mass is 10.2. The summed E-state index contributed by atoms with van der Waals surface area (Å²) >= 11 is 0. The number of nitrogens with zero attached hydrogens (tertiary/aromatic N) is 1. The van der Waals surface area contributed by atoms with Crippen LogP contribution in [0, 0.1) is 0 Å². The molecule has 0 saturated heterocycles. The third kappa shape index (κ3) is 7.14. The normalized spacial score (nSPS) is 15.4. The van der Waals surface area contributed by atoms with Gasteiger partial charge in [-0.15, -0.1) is 0 Å². The first-order chi connectivity index (χ1) is 7.65. The van der Waals surface area contributed by atoms with Crippen LogP contribution >= 0.6 is 0 Å². The molecule has 0 fully saturated rings. The number of ether oxygens (including phenoxy) is 2. The summed E-state index contributed by atoms with van der Waals surface area (Å²) in [4.78, 5) is 2.27. The zero-order chi connectivity index (χ0) is 12.4. The van der Waals surface area contributed by atoms with Crippen molar-refractivity contribution in [1.82, 2.24) is 4.90 Å². The molecule has 0 aromatic rings. The number of aliphatic hydroxyl groups is 1. The summed E-state index contributed by atoms with van der Waals surface area (Å²) in [5.74, 6) is 0. The molecule has 0 aromatic carbocycles. The van der Waals surface area contributed by atoms with Gasteiger partial charge in [-0.05, 0) is 13.3 Å². The average molecular weight is 234 g/mol. The van der Waals surface area contributed by atoms with E-state index in [4.69, 9.17) is 20.3 Å². The molecular weight excluding hydrogens is 208 g/mol. The van der Waals surface area contributed by atoms with E-state index in [1.165, 1.54) is 0 Å². The smallest absolute Gasteiger partial charge is 0.0615 e. The molecule has 0 aromatic heterocycles. The molecule has 0 heterocycles. The van der Waals surface area contributed by atoms with Crippen LogP contribution in [0.25, 0.3) is 0 Å². The molecule has 5 nitrogen and oxygen atoms in total. The van der Waals surface area contributed by atoms with Crippen molar-refractivity contribution in [2.45, 2.75) is 25.4 Å². The highest BCUT2D eigenvalue weighted by atomic mass is 16.5. The molecular formula is C11H26N2O3. The van der Waals surface area contributed by atoms with Crippen LogP contribution in [-0.2, 0) is 9.47 Å². The Hall–Kier alpha value is -0.200. The van der Waals surface area contributed by atoms with Crippen LogP contribution in [0.2, 0.25) is 0 Å². The van der Waals surface area contributed by atoms with E-state index in [0.717, 1.165) is 19.5 Å². The van der Waals surface area contributed by atoms with E-state index in [9.17, 15) is 0 Å². The van der Waals surface area contributed by atoms with Gasteiger partial charge in [-0.25, -0.2) is 0 Å². The van der Waals surface area contributed by atoms with Crippen LogP contribution in [0.4, 0.5) is 0 Å². The van der Waals surface area contributed by atoms with Gasteiger partial charge in [0.15, 0.2) is 0 Å². The fraction of sp³-hybridized carbons (Fsp3) is 1.00. The standard InChI is InChI=1S/C11H26N2O3/c1-10(9-16-3)13(6-7-15-2)5-4-11(12)8-14/h10-11,14H,4-9,12H2,1-3H3. The van der Waals surface area contributed by atoms with Crippen molar-refractivity contribution in [1.29, 1.82) is 0 Å². The lowest BCUT2D eigenvalue weighted by Crippen LogP contribution is -2.41. The lowest BCUT2D eigenvalue weighted by molar-refractivity contribution is 0.0718. The third-order valence-electron chi connectivity index (χ3n) is 2.64. The topological polar surface area (TPSA) is 68.0 Å². The summed E-state index contributed by atoms with van der Waals surface area (Å²) in [7, 11) is 3.39. The van der Waals surface area contributed by atoms with Crippen molar-refractivity contribution in [2.24, 2.45) is 5.73 Å². The molecule has 16 heavy (non-hydrogen) atoms. The second-order valence-corrected chi connectivity index (χ2v) is 4.06. The van der Waals surface area contributed by atoms with Crippen molar-refractivity contribution in [2.75, 3.05) is 47.1 Å². The van der Waals surface area contributed by atoms with E-state index in [1.54, 1.807) is 14.2 Å². The van der Waals surface area contributed by atoms with E-state index in [0.29, 0.717) is 19.3 Å². The van der Waals surface area contributed by atoms with Crippen LogP contribution in [-0.4, -0.2) is 69.2 Å². The SMILES string of the molecule is COCCN(CCC(N)CO)C(C)COC. The van der Waals surface area contributed by atoms with Crippen LogP contribution in [0.3, 0.4) is 0 Å². The van der Waals surface area contributed by atoms with Crippen molar-refractivity contribution in [3.8, 4) is 0 Å². The molecule has 5 heteroatoms. The maximum Gasteiger partial charge on any atom is 0.0615 e. The monoisotopic (exact) mass is 234 g/mol. The maximum atomic E-state index is 8.87. The Morgan fingerprint density at radius 2 is 1.94 bits per heavy atom. The van der Waals surface area contributed by atoms with Gasteiger partial charge < -0.3 is 20.3 Å². The molecule has 2 atom stereocenters. The number of aliphatic hydroxyl groups excluding tert-OH is 1. The minimum Gasteiger partial charge on any atom is -0.395 e. The largest absolute Gasteiger partial charge is 0.395 e. The van der Waals surface area contributed by atoms with Gasteiger partial charge >= 0.3 is 0 Å². The van der Waals surface area contributed by atoms with Gasteiger partial charge in [0.05, 0.1) is 19.8 Å². The van der Waals surface area contributed by atoms with Gasteiger partial charge in [0.1, 0.15) is 0 Å². The quantitative estimate of drug-likeness (QED) is 0.542. The van der Waals surface area contributed by atoms with Crippen molar-refractivity contribution < 1.29 is 14.6 Å². The van der Waals surface area contributed by atoms with E-state index >= 15 is 0 Å². The fourth-order valence-electron chi connectivity index (χ4n) is 1.53. The summed E-state index contributed by atoms with van der Waals surface area (Å²) in [6, 6.07) is 0.200. The molecule has 3 N–H and O–H groups in total. The first kappa shape index (κ1) is 15.8. The van der Waals surface area contributed by atoms with Crippen molar-refractivity contribution in [3.63, 3.8) is 0 Å². The number of hydrogen-bond donors (Lipinski definition) is 2. The molecule has 98 valence electrons. The van der Waals surface area contributed by atoms with Gasteiger partial charge in [-0.1, -0.05) is 0 Å². The summed E-state index contributed by atoms with van der Waals surface area (Å²) < 4.78 is 10.2. The molecule has 2 unspecified atom stereocenters. The van der Waals surface area contributed by atoms with E-state index in [2.05, 4.69) is 11.8 Å². The Kier molecular flexibility index (Phi) is 9.86. The Labute approximate surface area is 98.5 Å². The van der Waals surface area contributed by atoms with Gasteiger partial charge in [0.25, 0.3) is 0 Å². The summed E-state index contributed by atoms with van der Waals surface area (Å²) in [5, 5.41) is 8.87. The Bertz CT molecular complexity index is 158. The lowest BCUT2D eigenvalue weighted by Gasteiger charge is -2.29. The van der Waals surface area contributed by atoms with E-state index < -0.39 is 0 Å². The zero-order valence-electron chi connectivity index (χ0n) is 10.7. The zero-order valence-corrected chi connectivity index (χ0v) is 10.7. The van der Waals surface area contributed by atoms with Crippen LogP contribution in [0.15, 0.2) is 0 Å². The average Bonchev–Trinajstić information content (AvgIpc) is 2.29. The molecule has 0 aliphatic heterocycles. The predicted molar refractivity (Wildman–Crippen MR) is 64.5 cm³/mol. The summed E-state index contributed by atoms with van der Waals surface area (Å²) in [6.07, 6.45) is 0.786. The molecule has 0 saturated carbocycles. The Morgan fingerprint density at radius 1 is 1.25 bits per heavy atom. The molecule has 0 rings (SSSR count). The molecule has 0 aliphatic rings. The first-order valence-electron chi connectivity index (χ1n) is 5.74. The fourth-order valence-corrected chi connectivity index (χ4v) is 1.53. The highest BCUT2D eigenvalue weighted by molar-refractivity contribution is 4.70. The predicted octanol–water partition coefficient (Wildman–Crippen LogP) is -0.321. The van der Waals surface area contributed by atoms with Gasteiger partial charge in [0, 0.05) is 39.4 Å². The first-order valence-corrected chi connectivity index (χ1v) is 5.74. The third-order valence-corrected chi connectivity index (χ3v) is 2.64. The second kappa shape index (κ2) is 9.99. The maximum absolute atomic E-state index is 8.87. The number of methoxy groups -OCH3 is 2. The number of nitrogens with two attached hydrogens (primary N) is 1. The van der Waals surface area contributed by atoms with Crippen molar-refractivity contribution in [3.05, 3.63) is 0 Å². The van der Waals surface area contributed by atoms with Gasteiger partial charge in [-0.3, -0.25) is 4.90 Å². The molecule has 0 spiro atoms. The number of hydrogen-bond acceptors (Lipinski definition) is 5. The summed E-state index contributed by atoms with van der Waals surface area (Å²) in [6.45, 7) is 5.26. The highest BCUT2D eigenvalue weighted by Crippen LogP contribution is 2.02. The molecule has 0 radical (unpaired) electrons. The summed E-state index contributed by atoms with van der Waals surface area (Å²) in [5.41, 5.74) is 5.68. The second-order valence-electron chi connectivity index (χ2n) is 4.06. The highest BCUT2D eigenvalue weighted by Gasteiger charge is 2.14. The van der Waals surface area contributed by atoms with Crippen LogP contribution < -0.4 is 5.73 Å². The van der Waals surface area contributed by atoms with Gasteiger partial charge in [-0.2, -0.15) is 0 Å². The molecule has 0 bridgehead atoms.